The van der Waals surface area contributed by atoms with E-state index in [1.807, 2.05) is 66.7 Å². The lowest BCUT2D eigenvalue weighted by atomic mass is 10.1. The van der Waals surface area contributed by atoms with E-state index in [0.29, 0.717) is 29.5 Å². The minimum absolute atomic E-state index is 0.0333. The Morgan fingerprint density at radius 3 is 2.43 bits per heavy atom. The summed E-state index contributed by atoms with van der Waals surface area (Å²) in [6, 6.07) is 20.9. The lowest BCUT2D eigenvalue weighted by Gasteiger charge is -2.17. The molecule has 30 heavy (non-hydrogen) atoms. The van der Waals surface area contributed by atoms with Gasteiger partial charge in [0.25, 0.3) is 5.91 Å². The van der Waals surface area contributed by atoms with Crippen molar-refractivity contribution >= 4 is 40.0 Å². The average molecular weight is 417 g/mol. The molecular formula is C23H20N4O2S. The molecule has 1 N–H and O–H groups in total. The molecule has 7 heteroatoms. The normalized spacial score (nSPS) is 10.9. The third kappa shape index (κ3) is 5.40. The molecule has 0 saturated carbocycles. The topological polar surface area (TPSA) is 86.1 Å². The minimum atomic E-state index is -0.450. The van der Waals surface area contributed by atoms with Gasteiger partial charge in [0.05, 0.1) is 11.4 Å². The summed E-state index contributed by atoms with van der Waals surface area (Å²) < 4.78 is 0. The summed E-state index contributed by atoms with van der Waals surface area (Å²) in [6.45, 7) is 1.89. The number of aromatic nitrogens is 1. The molecule has 0 bridgehead atoms. The number of benzene rings is 2. The van der Waals surface area contributed by atoms with Crippen molar-refractivity contribution in [3.8, 4) is 6.07 Å². The fourth-order valence-corrected chi connectivity index (χ4v) is 3.65. The number of carbonyl (C=O) groups excluding carboxylic acids is 2. The second-order valence-corrected chi connectivity index (χ2v) is 7.24. The van der Waals surface area contributed by atoms with Crippen molar-refractivity contribution in [1.82, 2.24) is 10.3 Å². The number of hydrogen-bond acceptors (Lipinski definition) is 5. The number of nitrogens with one attached hydrogen (secondary N) is 1. The standard InChI is InChI=1S/C23H20N4O2S/c1-17(28)27(21-10-6-3-7-11-21)23-26-20(16-30-23)14-19(15-24)22(29)25-13-12-18-8-4-2-5-9-18/h2-11,14,16H,12-13H2,1H3,(H,25,29)/b19-14+. The third-order valence-electron chi connectivity index (χ3n) is 4.23. The highest BCUT2D eigenvalue weighted by molar-refractivity contribution is 7.14. The largest absolute Gasteiger partial charge is 0.351 e. The number of nitriles is 1. The maximum atomic E-state index is 12.3. The molecule has 2 amide bonds. The van der Waals surface area contributed by atoms with E-state index >= 15 is 0 Å². The summed E-state index contributed by atoms with van der Waals surface area (Å²) in [5, 5.41) is 14.3. The van der Waals surface area contributed by atoms with Gasteiger partial charge in [-0.25, -0.2) is 4.98 Å². The lowest BCUT2D eigenvalue weighted by molar-refractivity contribution is -0.117. The molecule has 6 nitrogen and oxygen atoms in total. The van der Waals surface area contributed by atoms with Crippen LogP contribution in [0.4, 0.5) is 10.8 Å². The van der Waals surface area contributed by atoms with Crippen LogP contribution in [0.5, 0.6) is 0 Å². The molecule has 3 rings (SSSR count). The monoisotopic (exact) mass is 416 g/mol. The minimum Gasteiger partial charge on any atom is -0.351 e. The molecule has 0 aliphatic carbocycles. The average Bonchev–Trinajstić information content (AvgIpc) is 3.21. The van der Waals surface area contributed by atoms with Crippen LogP contribution in [-0.4, -0.2) is 23.3 Å². The Kier molecular flexibility index (Phi) is 7.09. The number of rotatable bonds is 7. The van der Waals surface area contributed by atoms with Gasteiger partial charge in [0.15, 0.2) is 5.13 Å². The number of amides is 2. The molecular weight excluding hydrogens is 396 g/mol. The van der Waals surface area contributed by atoms with Gasteiger partial charge >= 0.3 is 0 Å². The van der Waals surface area contributed by atoms with E-state index in [2.05, 4.69) is 10.3 Å². The van der Waals surface area contributed by atoms with Crippen LogP contribution in [0.1, 0.15) is 18.2 Å². The Labute approximate surface area is 179 Å². The summed E-state index contributed by atoms with van der Waals surface area (Å²) in [5.41, 5.74) is 2.23. The predicted octanol–water partition coefficient (Wildman–Crippen LogP) is 4.09. The molecule has 0 radical (unpaired) electrons. The van der Waals surface area contributed by atoms with E-state index in [1.54, 1.807) is 5.38 Å². The van der Waals surface area contributed by atoms with Crippen molar-refractivity contribution in [2.75, 3.05) is 11.4 Å². The first kappa shape index (κ1) is 21.0. The Morgan fingerprint density at radius 1 is 1.13 bits per heavy atom. The number of anilines is 2. The molecule has 0 fully saturated rings. The highest BCUT2D eigenvalue weighted by Gasteiger charge is 2.18. The Balaban J connectivity index is 1.70. The fourth-order valence-electron chi connectivity index (χ4n) is 2.81. The highest BCUT2D eigenvalue weighted by atomic mass is 32.1. The first-order valence-electron chi connectivity index (χ1n) is 9.33. The molecule has 0 saturated heterocycles. The van der Waals surface area contributed by atoms with Gasteiger partial charge in [0.1, 0.15) is 11.6 Å². The van der Waals surface area contributed by atoms with E-state index in [1.165, 1.54) is 29.2 Å². The van der Waals surface area contributed by atoms with Crippen LogP contribution in [0.2, 0.25) is 0 Å². The Hall–Kier alpha value is -3.76. The second-order valence-electron chi connectivity index (χ2n) is 6.41. The summed E-state index contributed by atoms with van der Waals surface area (Å²) in [5.74, 6) is -0.625. The number of hydrogen-bond donors (Lipinski definition) is 1. The van der Waals surface area contributed by atoms with Crippen LogP contribution < -0.4 is 10.2 Å². The summed E-state index contributed by atoms with van der Waals surface area (Å²) >= 11 is 1.27. The molecule has 1 heterocycles. The van der Waals surface area contributed by atoms with Crippen molar-refractivity contribution in [2.24, 2.45) is 0 Å². The maximum absolute atomic E-state index is 12.3. The van der Waals surface area contributed by atoms with Gasteiger partial charge in [0, 0.05) is 18.8 Å². The number of para-hydroxylation sites is 1. The van der Waals surface area contributed by atoms with Crippen LogP contribution in [0.3, 0.4) is 0 Å². The molecule has 0 atom stereocenters. The van der Waals surface area contributed by atoms with Gasteiger partial charge in [0.2, 0.25) is 5.91 Å². The predicted molar refractivity (Wildman–Crippen MR) is 118 cm³/mol. The number of thiazole rings is 1. The van der Waals surface area contributed by atoms with Gasteiger partial charge in [-0.2, -0.15) is 5.26 Å². The van der Waals surface area contributed by atoms with Crippen LogP contribution in [-0.2, 0) is 16.0 Å². The van der Waals surface area contributed by atoms with Crippen molar-refractivity contribution in [1.29, 1.82) is 5.26 Å². The number of nitrogens with zero attached hydrogens (tertiary/aromatic N) is 3. The van der Waals surface area contributed by atoms with E-state index < -0.39 is 5.91 Å². The zero-order valence-corrected chi connectivity index (χ0v) is 17.2. The van der Waals surface area contributed by atoms with Crippen molar-refractivity contribution in [2.45, 2.75) is 13.3 Å². The molecule has 150 valence electrons. The SMILES string of the molecule is CC(=O)N(c1ccccc1)c1nc(/C=C(\C#N)C(=O)NCCc2ccccc2)cs1. The van der Waals surface area contributed by atoms with E-state index in [0.717, 1.165) is 5.56 Å². The van der Waals surface area contributed by atoms with Gasteiger partial charge in [-0.1, -0.05) is 48.5 Å². The fraction of sp³-hybridized carbons (Fsp3) is 0.130. The molecule has 1 aromatic heterocycles. The molecule has 0 aliphatic rings. The summed E-state index contributed by atoms with van der Waals surface area (Å²) in [4.78, 5) is 30.4. The van der Waals surface area contributed by atoms with Gasteiger partial charge in [-0.05, 0) is 30.2 Å². The zero-order valence-electron chi connectivity index (χ0n) is 16.4. The lowest BCUT2D eigenvalue weighted by Crippen LogP contribution is -2.26. The quantitative estimate of drug-likeness (QED) is 0.464. The maximum Gasteiger partial charge on any atom is 0.262 e. The van der Waals surface area contributed by atoms with Gasteiger partial charge < -0.3 is 5.32 Å². The van der Waals surface area contributed by atoms with Crippen molar-refractivity contribution < 1.29 is 9.59 Å². The van der Waals surface area contributed by atoms with Gasteiger partial charge in [-0.15, -0.1) is 11.3 Å². The Morgan fingerprint density at radius 2 is 1.80 bits per heavy atom. The smallest absolute Gasteiger partial charge is 0.262 e. The van der Waals surface area contributed by atoms with Gasteiger partial charge in [-0.3, -0.25) is 14.5 Å². The zero-order chi connectivity index (χ0) is 21.3. The summed E-state index contributed by atoms with van der Waals surface area (Å²) in [6.07, 6.45) is 2.11. The second kappa shape index (κ2) is 10.1. The Bertz CT molecular complexity index is 1090. The highest BCUT2D eigenvalue weighted by Crippen LogP contribution is 2.29. The van der Waals surface area contributed by atoms with E-state index in [-0.39, 0.29) is 11.5 Å². The molecule has 2 aromatic carbocycles. The molecule has 3 aromatic rings. The van der Waals surface area contributed by atoms with Crippen LogP contribution in [0, 0.1) is 11.3 Å². The number of carbonyl (C=O) groups is 2. The van der Waals surface area contributed by atoms with E-state index in [9.17, 15) is 14.9 Å². The van der Waals surface area contributed by atoms with Crippen molar-refractivity contribution in [3.05, 3.63) is 82.9 Å². The molecule has 0 spiro atoms. The molecule has 0 aliphatic heterocycles. The van der Waals surface area contributed by atoms with Crippen LogP contribution in [0.15, 0.2) is 71.6 Å². The first-order chi connectivity index (χ1) is 14.6. The first-order valence-corrected chi connectivity index (χ1v) is 10.2. The van der Waals surface area contributed by atoms with Crippen molar-refractivity contribution in [3.63, 3.8) is 0 Å². The van der Waals surface area contributed by atoms with Crippen LogP contribution in [0.25, 0.3) is 6.08 Å². The third-order valence-corrected chi connectivity index (χ3v) is 5.07. The molecule has 0 unspecified atom stereocenters. The van der Waals surface area contributed by atoms with E-state index in [4.69, 9.17) is 0 Å². The van der Waals surface area contributed by atoms with Crippen LogP contribution >= 0.6 is 11.3 Å². The summed E-state index contributed by atoms with van der Waals surface area (Å²) in [7, 11) is 0.